The molecule has 0 spiro atoms. The zero-order chi connectivity index (χ0) is 21.1. The maximum atomic E-state index is 12.8. The molecule has 0 aliphatic carbocycles. The largest absolute Gasteiger partial charge is 0.351 e. The molecule has 160 valence electrons. The lowest BCUT2D eigenvalue weighted by atomic mass is 10.1. The molecule has 2 heterocycles. The molecule has 0 atom stereocenters. The Balaban J connectivity index is 0.00000272. The summed E-state index contributed by atoms with van der Waals surface area (Å²) in [6, 6.07) is 13.4. The van der Waals surface area contributed by atoms with Gasteiger partial charge < -0.3 is 10.2 Å². The Morgan fingerprint density at radius 3 is 2.35 bits per heavy atom. The van der Waals surface area contributed by atoms with E-state index in [0.29, 0.717) is 23.2 Å². The molecule has 0 unspecified atom stereocenters. The number of hydrogen-bond acceptors (Lipinski definition) is 5. The van der Waals surface area contributed by atoms with Gasteiger partial charge in [-0.15, -0.1) is 12.4 Å². The van der Waals surface area contributed by atoms with Crippen LogP contribution in [0.3, 0.4) is 0 Å². The molecule has 0 bridgehead atoms. The summed E-state index contributed by atoms with van der Waals surface area (Å²) in [6.45, 7) is 3.62. The number of carbonyl (C=O) groups excluding carboxylic acids is 3. The highest BCUT2D eigenvalue weighted by atomic mass is 35.5. The van der Waals surface area contributed by atoms with Crippen LogP contribution in [0.4, 0.5) is 0 Å². The van der Waals surface area contributed by atoms with Crippen LogP contribution in [0.15, 0.2) is 42.5 Å². The second kappa shape index (κ2) is 9.73. The number of carbonyl (C=O) groups is 3. The Morgan fingerprint density at radius 1 is 1.00 bits per heavy atom. The van der Waals surface area contributed by atoms with Crippen molar-refractivity contribution in [1.29, 1.82) is 5.26 Å². The molecular weight excluding hydrogens is 416 g/mol. The predicted molar refractivity (Wildman–Crippen MR) is 117 cm³/mol. The molecule has 31 heavy (non-hydrogen) atoms. The van der Waals surface area contributed by atoms with Crippen LogP contribution in [0.25, 0.3) is 0 Å². The van der Waals surface area contributed by atoms with Gasteiger partial charge in [0, 0.05) is 18.7 Å². The number of halogens is 1. The van der Waals surface area contributed by atoms with Crippen LogP contribution in [-0.2, 0) is 6.54 Å². The van der Waals surface area contributed by atoms with E-state index in [-0.39, 0.29) is 36.3 Å². The van der Waals surface area contributed by atoms with Crippen molar-refractivity contribution in [3.63, 3.8) is 0 Å². The van der Waals surface area contributed by atoms with Crippen molar-refractivity contribution in [3.8, 4) is 6.07 Å². The summed E-state index contributed by atoms with van der Waals surface area (Å²) in [4.78, 5) is 41.4. The van der Waals surface area contributed by atoms with E-state index in [9.17, 15) is 14.4 Å². The highest BCUT2D eigenvalue weighted by molar-refractivity contribution is 6.22. The van der Waals surface area contributed by atoms with Crippen LogP contribution in [0.2, 0.25) is 0 Å². The van der Waals surface area contributed by atoms with E-state index < -0.39 is 5.91 Å². The van der Waals surface area contributed by atoms with Gasteiger partial charge in [0.2, 0.25) is 0 Å². The zero-order valence-electron chi connectivity index (χ0n) is 17.0. The minimum Gasteiger partial charge on any atom is -0.351 e. The molecule has 0 radical (unpaired) electrons. The lowest BCUT2D eigenvalue weighted by molar-refractivity contribution is 0.0642. The number of nitrogens with zero attached hydrogens (tertiary/aromatic N) is 3. The summed E-state index contributed by atoms with van der Waals surface area (Å²) in [5.74, 6) is -1.03. The van der Waals surface area contributed by atoms with Crippen molar-refractivity contribution >= 4 is 30.1 Å². The third kappa shape index (κ3) is 4.76. The van der Waals surface area contributed by atoms with Crippen molar-refractivity contribution in [2.75, 3.05) is 26.2 Å². The fraction of sp³-hybridized carbons (Fsp3) is 0.304. The van der Waals surface area contributed by atoms with Gasteiger partial charge >= 0.3 is 0 Å². The third-order valence-corrected chi connectivity index (χ3v) is 5.57. The van der Waals surface area contributed by atoms with Crippen molar-refractivity contribution in [2.24, 2.45) is 0 Å². The van der Waals surface area contributed by atoms with E-state index in [2.05, 4.69) is 10.2 Å². The number of amides is 3. The van der Waals surface area contributed by atoms with Gasteiger partial charge in [0.1, 0.15) is 0 Å². The van der Waals surface area contributed by atoms with Gasteiger partial charge in [-0.1, -0.05) is 12.1 Å². The first-order chi connectivity index (χ1) is 14.6. The molecule has 4 rings (SSSR count). The average molecular weight is 439 g/mol. The lowest BCUT2D eigenvalue weighted by Gasteiger charge is -2.14. The van der Waals surface area contributed by atoms with Crippen LogP contribution in [0, 0.1) is 11.3 Å². The highest BCUT2D eigenvalue weighted by Crippen LogP contribution is 2.26. The summed E-state index contributed by atoms with van der Waals surface area (Å²) in [7, 11) is 0. The second-order valence-corrected chi connectivity index (χ2v) is 7.57. The molecular formula is C23H23ClN4O3. The molecule has 1 saturated heterocycles. The number of benzene rings is 2. The van der Waals surface area contributed by atoms with Crippen LogP contribution < -0.4 is 5.32 Å². The fourth-order valence-corrected chi connectivity index (χ4v) is 3.88. The number of rotatable bonds is 6. The van der Waals surface area contributed by atoms with E-state index in [0.717, 1.165) is 25.2 Å². The summed E-state index contributed by atoms with van der Waals surface area (Å²) in [5, 5.41) is 11.8. The van der Waals surface area contributed by atoms with Crippen molar-refractivity contribution in [3.05, 3.63) is 70.3 Å². The van der Waals surface area contributed by atoms with Crippen LogP contribution in [-0.4, -0.2) is 53.7 Å². The van der Waals surface area contributed by atoms with Crippen LogP contribution in [0.5, 0.6) is 0 Å². The maximum Gasteiger partial charge on any atom is 0.261 e. The Morgan fingerprint density at radius 2 is 1.68 bits per heavy atom. The quantitative estimate of drug-likeness (QED) is 0.699. The number of imide groups is 1. The smallest absolute Gasteiger partial charge is 0.261 e. The van der Waals surface area contributed by atoms with Crippen molar-refractivity contribution < 1.29 is 14.4 Å². The summed E-state index contributed by atoms with van der Waals surface area (Å²) in [6.07, 6.45) is 2.40. The molecule has 7 nitrogen and oxygen atoms in total. The molecule has 1 N–H and O–H groups in total. The topological polar surface area (TPSA) is 93.5 Å². The highest BCUT2D eigenvalue weighted by Gasteiger charge is 2.36. The fourth-order valence-electron chi connectivity index (χ4n) is 3.88. The number of hydrogen-bond donors (Lipinski definition) is 1. The predicted octanol–water partition coefficient (Wildman–Crippen LogP) is 2.60. The summed E-state index contributed by atoms with van der Waals surface area (Å²) >= 11 is 0. The van der Waals surface area contributed by atoms with E-state index in [1.54, 1.807) is 36.4 Å². The normalized spacial score (nSPS) is 15.4. The van der Waals surface area contributed by atoms with Crippen molar-refractivity contribution in [2.45, 2.75) is 19.4 Å². The first kappa shape index (κ1) is 22.5. The first-order valence-electron chi connectivity index (χ1n) is 10.1. The first-order valence-corrected chi connectivity index (χ1v) is 10.1. The summed E-state index contributed by atoms with van der Waals surface area (Å²) in [5.41, 5.74) is 2.20. The van der Waals surface area contributed by atoms with Gasteiger partial charge in [-0.2, -0.15) is 5.26 Å². The van der Waals surface area contributed by atoms with E-state index >= 15 is 0 Å². The maximum absolute atomic E-state index is 12.8. The third-order valence-electron chi connectivity index (χ3n) is 5.57. The van der Waals surface area contributed by atoms with Gasteiger partial charge in [-0.05, 0) is 61.8 Å². The van der Waals surface area contributed by atoms with Gasteiger partial charge in [-0.3, -0.25) is 19.3 Å². The second-order valence-electron chi connectivity index (χ2n) is 7.57. The van der Waals surface area contributed by atoms with Crippen LogP contribution >= 0.6 is 12.4 Å². The van der Waals surface area contributed by atoms with Crippen molar-refractivity contribution in [1.82, 2.24) is 15.1 Å². The molecule has 0 aromatic heterocycles. The molecule has 1 fully saturated rings. The van der Waals surface area contributed by atoms with Gasteiger partial charge in [0.25, 0.3) is 17.7 Å². The monoisotopic (exact) mass is 438 g/mol. The minimum absolute atomic E-state index is 0. The molecule has 3 amide bonds. The Hall–Kier alpha value is -3.21. The van der Waals surface area contributed by atoms with Gasteiger partial charge in [0.15, 0.2) is 0 Å². The number of nitrogens with one attached hydrogen (secondary N) is 1. The van der Waals surface area contributed by atoms with Crippen LogP contribution in [0.1, 0.15) is 55.0 Å². The summed E-state index contributed by atoms with van der Waals surface area (Å²) < 4.78 is 0. The van der Waals surface area contributed by atoms with E-state index in [4.69, 9.17) is 5.26 Å². The van der Waals surface area contributed by atoms with E-state index in [1.807, 2.05) is 6.07 Å². The van der Waals surface area contributed by atoms with Gasteiger partial charge in [0.05, 0.1) is 29.3 Å². The lowest BCUT2D eigenvalue weighted by Crippen LogP contribution is -2.33. The number of likely N-dealkylation sites (tertiary alicyclic amines) is 1. The SMILES string of the molecule is Cl.N#Cc1ccc(CN2C(=O)c3ccc(C(=O)NCCN4CCCC4)cc3C2=O)cc1. The molecule has 0 saturated carbocycles. The minimum atomic E-state index is -0.411. The number of nitriles is 1. The molecule has 2 aliphatic heterocycles. The van der Waals surface area contributed by atoms with E-state index in [1.165, 1.54) is 23.8 Å². The molecule has 2 aromatic carbocycles. The molecule has 8 heteroatoms. The Kier molecular flexibility index (Phi) is 7.06. The Bertz CT molecular complexity index is 1040. The standard InChI is InChI=1S/C23H22N4O3.ClH/c24-14-16-3-5-17(6-4-16)15-27-22(29)19-8-7-18(13-20(19)23(27)30)21(28)25-9-12-26-10-1-2-11-26;/h3-8,13H,1-2,9-12,15H2,(H,25,28);1H. The molecule has 2 aromatic rings. The molecule has 2 aliphatic rings. The number of fused-ring (bicyclic) bond motifs is 1. The average Bonchev–Trinajstić information content (AvgIpc) is 3.37. The Labute approximate surface area is 187 Å². The zero-order valence-corrected chi connectivity index (χ0v) is 17.8. The van der Waals surface area contributed by atoms with Gasteiger partial charge in [-0.25, -0.2) is 0 Å².